The van der Waals surface area contributed by atoms with E-state index in [4.69, 9.17) is 5.11 Å². The van der Waals surface area contributed by atoms with Gasteiger partial charge >= 0.3 is 5.97 Å². The standard InChI is InChI=1S/C10H9BrO3/c11-9-4-3-8(10(13)14)6-7(9)2-1-5-12/h3-6H,1-2H2,(H,13,14). The summed E-state index contributed by atoms with van der Waals surface area (Å²) in [4.78, 5) is 20.8. The van der Waals surface area contributed by atoms with Gasteiger partial charge in [0.05, 0.1) is 5.56 Å². The van der Waals surface area contributed by atoms with Crippen LogP contribution < -0.4 is 0 Å². The number of aryl methyl sites for hydroxylation is 1. The maximum absolute atomic E-state index is 10.7. The number of aldehydes is 1. The normalized spacial score (nSPS) is 9.79. The van der Waals surface area contributed by atoms with Gasteiger partial charge in [-0.05, 0) is 30.2 Å². The van der Waals surface area contributed by atoms with E-state index >= 15 is 0 Å². The van der Waals surface area contributed by atoms with Crippen LogP contribution in [0, 0.1) is 0 Å². The van der Waals surface area contributed by atoms with Crippen molar-refractivity contribution in [2.45, 2.75) is 12.8 Å². The Hall–Kier alpha value is -1.16. The molecule has 0 saturated heterocycles. The molecule has 0 atom stereocenters. The van der Waals surface area contributed by atoms with E-state index in [9.17, 15) is 9.59 Å². The number of hydrogen-bond donors (Lipinski definition) is 1. The van der Waals surface area contributed by atoms with E-state index in [1.807, 2.05) is 0 Å². The van der Waals surface area contributed by atoms with Crippen LogP contribution in [-0.2, 0) is 11.2 Å². The van der Waals surface area contributed by atoms with Crippen molar-refractivity contribution in [3.63, 3.8) is 0 Å². The molecule has 0 aliphatic carbocycles. The molecule has 74 valence electrons. The number of halogens is 1. The summed E-state index contributed by atoms with van der Waals surface area (Å²) in [6, 6.07) is 4.79. The number of benzene rings is 1. The molecule has 0 radical (unpaired) electrons. The zero-order chi connectivity index (χ0) is 10.6. The van der Waals surface area contributed by atoms with Crippen LogP contribution >= 0.6 is 15.9 Å². The third kappa shape index (κ3) is 2.67. The smallest absolute Gasteiger partial charge is 0.335 e. The molecule has 0 saturated carbocycles. The van der Waals surface area contributed by atoms with Crippen molar-refractivity contribution in [1.82, 2.24) is 0 Å². The van der Waals surface area contributed by atoms with Crippen molar-refractivity contribution < 1.29 is 14.7 Å². The average molecular weight is 257 g/mol. The van der Waals surface area contributed by atoms with Crippen molar-refractivity contribution in [3.8, 4) is 0 Å². The SMILES string of the molecule is O=CCCc1cc(C(=O)O)ccc1Br. The van der Waals surface area contributed by atoms with Gasteiger partial charge in [-0.2, -0.15) is 0 Å². The first-order valence-corrected chi connectivity index (χ1v) is 4.90. The lowest BCUT2D eigenvalue weighted by atomic mass is 10.1. The fraction of sp³-hybridized carbons (Fsp3) is 0.200. The summed E-state index contributed by atoms with van der Waals surface area (Å²) >= 11 is 3.30. The van der Waals surface area contributed by atoms with Crippen LogP contribution in [0.3, 0.4) is 0 Å². The predicted molar refractivity (Wildman–Crippen MR) is 55.5 cm³/mol. The fourth-order valence-electron chi connectivity index (χ4n) is 1.11. The maximum atomic E-state index is 10.7. The van der Waals surface area contributed by atoms with E-state index in [-0.39, 0.29) is 5.56 Å². The predicted octanol–water partition coefficient (Wildman–Crippen LogP) is 2.28. The maximum Gasteiger partial charge on any atom is 0.335 e. The Labute approximate surface area is 89.9 Å². The highest BCUT2D eigenvalue weighted by Gasteiger charge is 2.06. The van der Waals surface area contributed by atoms with Gasteiger partial charge in [-0.3, -0.25) is 0 Å². The molecule has 3 nitrogen and oxygen atoms in total. The molecule has 0 aliphatic rings. The molecule has 0 fully saturated rings. The lowest BCUT2D eigenvalue weighted by Crippen LogP contribution is -1.98. The molecule has 0 amide bonds. The van der Waals surface area contributed by atoms with Crippen LogP contribution in [-0.4, -0.2) is 17.4 Å². The van der Waals surface area contributed by atoms with Gasteiger partial charge in [0.1, 0.15) is 6.29 Å². The molecule has 1 N–H and O–H groups in total. The second-order valence-electron chi connectivity index (χ2n) is 2.82. The monoisotopic (exact) mass is 256 g/mol. The van der Waals surface area contributed by atoms with Crippen LogP contribution in [0.4, 0.5) is 0 Å². The van der Waals surface area contributed by atoms with Gasteiger partial charge in [0.25, 0.3) is 0 Å². The third-order valence-electron chi connectivity index (χ3n) is 1.82. The Balaban J connectivity index is 2.95. The van der Waals surface area contributed by atoms with Gasteiger partial charge in [-0.1, -0.05) is 15.9 Å². The van der Waals surface area contributed by atoms with Crippen molar-refractivity contribution in [3.05, 3.63) is 33.8 Å². The van der Waals surface area contributed by atoms with E-state index in [1.165, 1.54) is 6.07 Å². The molecule has 0 bridgehead atoms. The molecule has 4 heteroatoms. The Kier molecular flexibility index (Phi) is 3.83. The second-order valence-corrected chi connectivity index (χ2v) is 3.67. The highest BCUT2D eigenvalue weighted by atomic mass is 79.9. The zero-order valence-electron chi connectivity index (χ0n) is 7.37. The minimum Gasteiger partial charge on any atom is -0.478 e. The van der Waals surface area contributed by atoms with Gasteiger partial charge in [0.2, 0.25) is 0 Å². The third-order valence-corrected chi connectivity index (χ3v) is 2.60. The molecular weight excluding hydrogens is 248 g/mol. The van der Waals surface area contributed by atoms with Crippen molar-refractivity contribution in [2.75, 3.05) is 0 Å². The molecule has 0 aliphatic heterocycles. The lowest BCUT2D eigenvalue weighted by molar-refractivity contribution is -0.107. The van der Waals surface area contributed by atoms with E-state index in [2.05, 4.69) is 15.9 Å². The number of carboxylic acid groups (broad SMARTS) is 1. The van der Waals surface area contributed by atoms with Gasteiger partial charge in [0.15, 0.2) is 0 Å². The van der Waals surface area contributed by atoms with Crippen LogP contribution in [0.15, 0.2) is 22.7 Å². The summed E-state index contributed by atoms with van der Waals surface area (Å²) in [5, 5.41) is 8.74. The Morgan fingerprint density at radius 3 is 2.79 bits per heavy atom. The first-order valence-electron chi connectivity index (χ1n) is 4.10. The van der Waals surface area contributed by atoms with Crippen molar-refractivity contribution in [2.24, 2.45) is 0 Å². The topological polar surface area (TPSA) is 54.4 Å². The number of hydrogen-bond acceptors (Lipinski definition) is 2. The number of carbonyl (C=O) groups is 2. The molecule has 1 aromatic carbocycles. The molecule has 0 aromatic heterocycles. The van der Waals surface area contributed by atoms with Crippen LogP contribution in [0.5, 0.6) is 0 Å². The first-order chi connectivity index (χ1) is 6.65. The van der Waals surface area contributed by atoms with Gasteiger partial charge < -0.3 is 9.90 Å². The number of rotatable bonds is 4. The fourth-order valence-corrected chi connectivity index (χ4v) is 1.56. The summed E-state index contributed by atoms with van der Waals surface area (Å²) in [5.41, 5.74) is 1.09. The van der Waals surface area contributed by atoms with Crippen LogP contribution in [0.2, 0.25) is 0 Å². The average Bonchev–Trinajstić information content (AvgIpc) is 2.16. The van der Waals surface area contributed by atoms with E-state index in [0.29, 0.717) is 12.8 Å². The molecular formula is C10H9BrO3. The quantitative estimate of drug-likeness (QED) is 0.842. The highest BCUT2D eigenvalue weighted by molar-refractivity contribution is 9.10. The van der Waals surface area contributed by atoms with Crippen LogP contribution in [0.1, 0.15) is 22.3 Å². The first kappa shape index (κ1) is 10.9. The minimum absolute atomic E-state index is 0.245. The van der Waals surface area contributed by atoms with Crippen molar-refractivity contribution in [1.29, 1.82) is 0 Å². The largest absolute Gasteiger partial charge is 0.478 e. The minimum atomic E-state index is -0.954. The summed E-state index contributed by atoms with van der Waals surface area (Å²) in [6.45, 7) is 0. The molecule has 1 aromatic rings. The van der Waals surface area contributed by atoms with Gasteiger partial charge in [-0.25, -0.2) is 4.79 Å². The number of carbonyl (C=O) groups excluding carboxylic acids is 1. The zero-order valence-corrected chi connectivity index (χ0v) is 8.95. The molecule has 0 unspecified atom stereocenters. The summed E-state index contributed by atoms with van der Waals surface area (Å²) in [5.74, 6) is -0.954. The molecule has 14 heavy (non-hydrogen) atoms. The Morgan fingerprint density at radius 1 is 1.50 bits per heavy atom. The number of carboxylic acids is 1. The molecule has 0 heterocycles. The van der Waals surface area contributed by atoms with E-state index < -0.39 is 5.97 Å². The van der Waals surface area contributed by atoms with Crippen LogP contribution in [0.25, 0.3) is 0 Å². The van der Waals surface area contributed by atoms with Gasteiger partial charge in [0, 0.05) is 10.9 Å². The Bertz CT molecular complexity index is 360. The summed E-state index contributed by atoms with van der Waals surface area (Å²) in [6.07, 6.45) is 1.78. The number of aromatic carboxylic acids is 1. The summed E-state index contributed by atoms with van der Waals surface area (Å²) in [7, 11) is 0. The highest BCUT2D eigenvalue weighted by Crippen LogP contribution is 2.19. The summed E-state index contributed by atoms with van der Waals surface area (Å²) < 4.78 is 0.837. The van der Waals surface area contributed by atoms with E-state index in [1.54, 1.807) is 12.1 Å². The van der Waals surface area contributed by atoms with Crippen molar-refractivity contribution >= 4 is 28.2 Å². The lowest BCUT2D eigenvalue weighted by Gasteiger charge is -2.03. The van der Waals surface area contributed by atoms with E-state index in [0.717, 1.165) is 16.3 Å². The molecule has 0 spiro atoms. The van der Waals surface area contributed by atoms with Gasteiger partial charge in [-0.15, -0.1) is 0 Å². The second kappa shape index (κ2) is 4.91. The molecule has 1 rings (SSSR count). The Morgan fingerprint density at radius 2 is 2.21 bits per heavy atom.